The van der Waals surface area contributed by atoms with Crippen LogP contribution in [0.2, 0.25) is 0 Å². The zero-order valence-electron chi connectivity index (χ0n) is 6.65. The van der Waals surface area contributed by atoms with Gasteiger partial charge in [0.15, 0.2) is 0 Å². The number of hydrogen-bond acceptors (Lipinski definition) is 0. The standard InChI is InChI=1S/C10H13Br/c11-10-7-3-5-8-4-1-2-6-9(8)10/h2,6,8H,1,3-5,7H2. The Balaban J connectivity index is 2.31. The second-order valence-electron chi connectivity index (χ2n) is 3.43. The van der Waals surface area contributed by atoms with Gasteiger partial charge in [-0.05, 0) is 48.1 Å². The van der Waals surface area contributed by atoms with Crippen LogP contribution in [0.4, 0.5) is 0 Å². The van der Waals surface area contributed by atoms with Crippen molar-refractivity contribution >= 4 is 15.9 Å². The quantitative estimate of drug-likeness (QED) is 0.574. The van der Waals surface area contributed by atoms with Crippen molar-refractivity contribution in [3.8, 4) is 0 Å². The van der Waals surface area contributed by atoms with Gasteiger partial charge in [0.1, 0.15) is 0 Å². The van der Waals surface area contributed by atoms with E-state index >= 15 is 0 Å². The predicted molar refractivity (Wildman–Crippen MR) is 51.7 cm³/mol. The predicted octanol–water partition coefficient (Wildman–Crippen LogP) is 3.79. The Morgan fingerprint density at radius 1 is 1.36 bits per heavy atom. The first kappa shape index (κ1) is 7.60. The Bertz CT molecular complexity index is 213. The molecule has 1 unspecified atom stereocenters. The van der Waals surface area contributed by atoms with E-state index < -0.39 is 0 Å². The van der Waals surface area contributed by atoms with E-state index in [2.05, 4.69) is 28.1 Å². The van der Waals surface area contributed by atoms with Crippen molar-refractivity contribution in [1.29, 1.82) is 0 Å². The van der Waals surface area contributed by atoms with Crippen molar-refractivity contribution in [3.05, 3.63) is 22.2 Å². The lowest BCUT2D eigenvalue weighted by Crippen LogP contribution is -2.11. The van der Waals surface area contributed by atoms with Gasteiger partial charge in [-0.25, -0.2) is 0 Å². The fourth-order valence-electron chi connectivity index (χ4n) is 2.06. The summed E-state index contributed by atoms with van der Waals surface area (Å²) in [5.41, 5.74) is 1.59. The van der Waals surface area contributed by atoms with Gasteiger partial charge in [0.25, 0.3) is 0 Å². The minimum Gasteiger partial charge on any atom is -0.0842 e. The van der Waals surface area contributed by atoms with E-state index in [1.54, 1.807) is 5.57 Å². The van der Waals surface area contributed by atoms with Crippen LogP contribution in [0.25, 0.3) is 0 Å². The molecule has 0 N–H and O–H groups in total. The Labute approximate surface area is 76.5 Å². The third kappa shape index (κ3) is 1.44. The van der Waals surface area contributed by atoms with Gasteiger partial charge in [-0.3, -0.25) is 0 Å². The molecule has 2 rings (SSSR count). The lowest BCUT2D eigenvalue weighted by molar-refractivity contribution is 0.479. The second-order valence-corrected chi connectivity index (χ2v) is 4.39. The van der Waals surface area contributed by atoms with Crippen molar-refractivity contribution < 1.29 is 0 Å². The topological polar surface area (TPSA) is 0 Å². The van der Waals surface area contributed by atoms with E-state index in [4.69, 9.17) is 0 Å². The van der Waals surface area contributed by atoms with Gasteiger partial charge < -0.3 is 0 Å². The molecule has 2 aliphatic rings. The largest absolute Gasteiger partial charge is 0.0842 e. The molecule has 0 aromatic heterocycles. The maximum atomic E-state index is 3.66. The number of halogens is 1. The molecule has 0 spiro atoms. The van der Waals surface area contributed by atoms with Gasteiger partial charge in [-0.15, -0.1) is 0 Å². The summed E-state index contributed by atoms with van der Waals surface area (Å²) < 4.78 is 1.46. The Morgan fingerprint density at radius 2 is 2.27 bits per heavy atom. The van der Waals surface area contributed by atoms with E-state index in [0.29, 0.717) is 0 Å². The van der Waals surface area contributed by atoms with E-state index in [1.807, 2.05) is 0 Å². The summed E-state index contributed by atoms with van der Waals surface area (Å²) in [7, 11) is 0. The highest BCUT2D eigenvalue weighted by molar-refractivity contribution is 9.11. The van der Waals surface area contributed by atoms with Crippen LogP contribution in [0.5, 0.6) is 0 Å². The van der Waals surface area contributed by atoms with Crippen molar-refractivity contribution in [2.45, 2.75) is 32.1 Å². The maximum Gasteiger partial charge on any atom is -0.00147 e. The average molecular weight is 213 g/mol. The summed E-state index contributed by atoms with van der Waals surface area (Å²) in [6.45, 7) is 0. The van der Waals surface area contributed by atoms with Crippen LogP contribution >= 0.6 is 15.9 Å². The van der Waals surface area contributed by atoms with Gasteiger partial charge in [-0.1, -0.05) is 28.1 Å². The average Bonchev–Trinajstić information content (AvgIpc) is 2.06. The Morgan fingerprint density at radius 3 is 3.09 bits per heavy atom. The zero-order chi connectivity index (χ0) is 7.68. The van der Waals surface area contributed by atoms with Crippen LogP contribution in [-0.2, 0) is 0 Å². The van der Waals surface area contributed by atoms with Gasteiger partial charge in [0.05, 0.1) is 0 Å². The number of hydrogen-bond donors (Lipinski definition) is 0. The molecular formula is C10H13Br. The molecule has 11 heavy (non-hydrogen) atoms. The lowest BCUT2D eigenvalue weighted by Gasteiger charge is -2.26. The van der Waals surface area contributed by atoms with E-state index in [1.165, 1.54) is 36.6 Å². The monoisotopic (exact) mass is 212 g/mol. The first-order chi connectivity index (χ1) is 5.38. The molecule has 0 saturated heterocycles. The van der Waals surface area contributed by atoms with Crippen LogP contribution in [0.15, 0.2) is 22.2 Å². The zero-order valence-corrected chi connectivity index (χ0v) is 8.23. The normalized spacial score (nSPS) is 30.5. The highest BCUT2D eigenvalue weighted by atomic mass is 79.9. The summed E-state index contributed by atoms with van der Waals surface area (Å²) in [4.78, 5) is 0. The van der Waals surface area contributed by atoms with Crippen LogP contribution in [0.3, 0.4) is 0 Å². The molecule has 2 aliphatic carbocycles. The fraction of sp³-hybridized carbons (Fsp3) is 0.600. The van der Waals surface area contributed by atoms with Crippen molar-refractivity contribution in [3.63, 3.8) is 0 Å². The first-order valence-electron chi connectivity index (χ1n) is 4.43. The third-order valence-corrected chi connectivity index (χ3v) is 3.54. The second kappa shape index (κ2) is 3.14. The van der Waals surface area contributed by atoms with Crippen molar-refractivity contribution in [1.82, 2.24) is 0 Å². The molecule has 0 amide bonds. The van der Waals surface area contributed by atoms with Crippen LogP contribution in [0, 0.1) is 5.92 Å². The third-order valence-electron chi connectivity index (χ3n) is 2.68. The molecule has 0 nitrogen and oxygen atoms in total. The van der Waals surface area contributed by atoms with Gasteiger partial charge in [-0.2, -0.15) is 0 Å². The highest BCUT2D eigenvalue weighted by Crippen LogP contribution is 2.38. The Hall–Kier alpha value is -0.0400. The molecule has 0 aromatic rings. The van der Waals surface area contributed by atoms with E-state index in [-0.39, 0.29) is 0 Å². The summed E-state index contributed by atoms with van der Waals surface area (Å²) >= 11 is 3.66. The maximum absolute atomic E-state index is 3.66. The van der Waals surface area contributed by atoms with Crippen LogP contribution in [-0.4, -0.2) is 0 Å². The van der Waals surface area contributed by atoms with Gasteiger partial charge in [0, 0.05) is 0 Å². The first-order valence-corrected chi connectivity index (χ1v) is 5.22. The summed E-state index contributed by atoms with van der Waals surface area (Å²) in [6.07, 6.45) is 11.3. The summed E-state index contributed by atoms with van der Waals surface area (Å²) in [6, 6.07) is 0. The molecular weight excluding hydrogens is 200 g/mol. The molecule has 0 aromatic carbocycles. The van der Waals surface area contributed by atoms with Crippen molar-refractivity contribution in [2.24, 2.45) is 5.92 Å². The highest BCUT2D eigenvalue weighted by Gasteiger charge is 2.21. The molecule has 0 saturated carbocycles. The molecule has 0 aliphatic heterocycles. The number of rotatable bonds is 0. The molecule has 0 bridgehead atoms. The Kier molecular flexibility index (Phi) is 2.17. The molecule has 0 heterocycles. The molecule has 0 fully saturated rings. The minimum atomic E-state index is 0.878. The van der Waals surface area contributed by atoms with Gasteiger partial charge >= 0.3 is 0 Å². The number of allylic oxidation sites excluding steroid dienone is 4. The number of fused-ring (bicyclic) bond motifs is 1. The molecule has 60 valence electrons. The van der Waals surface area contributed by atoms with Crippen LogP contribution in [0.1, 0.15) is 32.1 Å². The van der Waals surface area contributed by atoms with Crippen LogP contribution < -0.4 is 0 Å². The summed E-state index contributed by atoms with van der Waals surface area (Å²) in [5.74, 6) is 0.878. The molecule has 1 atom stereocenters. The van der Waals surface area contributed by atoms with E-state index in [9.17, 15) is 0 Å². The van der Waals surface area contributed by atoms with Crippen molar-refractivity contribution in [2.75, 3.05) is 0 Å². The SMILES string of the molecule is BrC1=C2C=CCCC2CCC1. The lowest BCUT2D eigenvalue weighted by atomic mass is 9.81. The smallest absolute Gasteiger partial charge is 0.00147 e. The van der Waals surface area contributed by atoms with E-state index in [0.717, 1.165) is 5.92 Å². The minimum absolute atomic E-state index is 0.878. The van der Waals surface area contributed by atoms with Gasteiger partial charge in [0.2, 0.25) is 0 Å². The molecule has 1 heteroatoms. The summed E-state index contributed by atoms with van der Waals surface area (Å²) in [5, 5.41) is 0. The molecule has 0 radical (unpaired) electrons. The fourth-order valence-corrected chi connectivity index (χ4v) is 2.80.